The lowest BCUT2D eigenvalue weighted by Gasteiger charge is -2.41. The van der Waals surface area contributed by atoms with E-state index in [1.165, 1.54) is 12.1 Å². The van der Waals surface area contributed by atoms with Crippen molar-refractivity contribution in [2.24, 2.45) is 11.7 Å². The fraction of sp³-hybridized carbons (Fsp3) is 0.524. The minimum absolute atomic E-state index is 0.0408. The van der Waals surface area contributed by atoms with Crippen molar-refractivity contribution < 1.29 is 19.1 Å². The molecule has 162 valence electrons. The van der Waals surface area contributed by atoms with Crippen molar-refractivity contribution in [1.82, 2.24) is 15.1 Å². The quantitative estimate of drug-likeness (QED) is 0.630. The van der Waals surface area contributed by atoms with Crippen molar-refractivity contribution in [1.29, 1.82) is 0 Å². The fourth-order valence-corrected chi connectivity index (χ4v) is 5.21. The second-order valence-electron chi connectivity index (χ2n) is 8.26. The SMILES string of the molecule is NC(=O)[C@@H]1C(c2cccc(F)c2)=C(Cl)N2CCN(C(=O)NC3CCC(O)CC3)C[C@H]12. The molecule has 1 saturated carbocycles. The molecule has 0 spiro atoms. The number of aliphatic hydroxyl groups excluding tert-OH is 1. The van der Waals surface area contributed by atoms with E-state index in [1.807, 2.05) is 4.90 Å². The summed E-state index contributed by atoms with van der Waals surface area (Å²) >= 11 is 6.61. The molecule has 4 rings (SSSR count). The lowest BCUT2D eigenvalue weighted by Crippen LogP contribution is -2.58. The van der Waals surface area contributed by atoms with Crippen molar-refractivity contribution in [2.75, 3.05) is 19.6 Å². The summed E-state index contributed by atoms with van der Waals surface area (Å²) in [7, 11) is 0. The Balaban J connectivity index is 1.50. The highest BCUT2D eigenvalue weighted by atomic mass is 35.5. The lowest BCUT2D eigenvalue weighted by atomic mass is 9.88. The molecule has 3 aliphatic rings. The molecule has 2 fully saturated rings. The summed E-state index contributed by atoms with van der Waals surface area (Å²) in [5.41, 5.74) is 6.76. The Kier molecular flexibility index (Phi) is 5.88. The highest BCUT2D eigenvalue weighted by Gasteiger charge is 2.47. The standard InChI is InChI=1S/C21H26ClFN4O3/c22-19-17(12-2-1-3-13(23)10-12)18(20(24)29)16-11-26(8-9-27(16)19)21(30)25-14-4-6-15(28)7-5-14/h1-3,10,14-16,18,28H,4-9,11H2,(H2,24,29)(H,25,30)/t14?,15?,16-,18+/m1/s1. The molecular weight excluding hydrogens is 411 g/mol. The van der Waals surface area contributed by atoms with E-state index in [0.29, 0.717) is 48.8 Å². The predicted molar refractivity (Wildman–Crippen MR) is 111 cm³/mol. The molecule has 2 aliphatic heterocycles. The van der Waals surface area contributed by atoms with Crippen LogP contribution in [0.4, 0.5) is 9.18 Å². The van der Waals surface area contributed by atoms with Crippen LogP contribution in [-0.2, 0) is 4.79 Å². The van der Waals surface area contributed by atoms with E-state index in [9.17, 15) is 19.1 Å². The molecule has 2 atom stereocenters. The molecule has 3 amide bonds. The number of urea groups is 1. The van der Waals surface area contributed by atoms with Crippen LogP contribution in [-0.4, -0.2) is 64.7 Å². The number of fused-ring (bicyclic) bond motifs is 1. The van der Waals surface area contributed by atoms with E-state index in [4.69, 9.17) is 17.3 Å². The Hall–Kier alpha value is -2.32. The summed E-state index contributed by atoms with van der Waals surface area (Å²) in [5.74, 6) is -1.71. The van der Waals surface area contributed by atoms with Crippen LogP contribution in [0.25, 0.3) is 5.57 Å². The number of nitrogens with one attached hydrogen (secondary N) is 1. The third-order valence-electron chi connectivity index (χ3n) is 6.34. The number of primary amides is 1. The molecule has 0 bridgehead atoms. The Morgan fingerprint density at radius 3 is 2.60 bits per heavy atom. The highest BCUT2D eigenvalue weighted by Crippen LogP contribution is 2.43. The van der Waals surface area contributed by atoms with Gasteiger partial charge >= 0.3 is 6.03 Å². The summed E-state index contributed by atoms with van der Waals surface area (Å²) in [4.78, 5) is 28.7. The van der Waals surface area contributed by atoms with Crippen molar-refractivity contribution in [3.8, 4) is 0 Å². The first-order valence-corrected chi connectivity index (χ1v) is 10.7. The van der Waals surface area contributed by atoms with Gasteiger partial charge in [-0.05, 0) is 43.4 Å². The number of hydrogen-bond donors (Lipinski definition) is 3. The monoisotopic (exact) mass is 436 g/mol. The summed E-state index contributed by atoms with van der Waals surface area (Å²) in [6.07, 6.45) is 2.57. The smallest absolute Gasteiger partial charge is 0.317 e. The Morgan fingerprint density at radius 2 is 1.93 bits per heavy atom. The van der Waals surface area contributed by atoms with Gasteiger partial charge in [0.1, 0.15) is 11.0 Å². The van der Waals surface area contributed by atoms with Crippen LogP contribution in [0, 0.1) is 11.7 Å². The van der Waals surface area contributed by atoms with E-state index >= 15 is 0 Å². The van der Waals surface area contributed by atoms with Gasteiger partial charge in [-0.1, -0.05) is 23.7 Å². The maximum absolute atomic E-state index is 13.8. The molecule has 7 nitrogen and oxygen atoms in total. The topological polar surface area (TPSA) is 98.9 Å². The second-order valence-corrected chi connectivity index (χ2v) is 8.61. The minimum atomic E-state index is -0.736. The number of carbonyl (C=O) groups is 2. The number of halogens is 2. The number of carbonyl (C=O) groups excluding carboxylic acids is 2. The van der Waals surface area contributed by atoms with E-state index in [-0.39, 0.29) is 24.2 Å². The van der Waals surface area contributed by atoms with Gasteiger partial charge in [-0.2, -0.15) is 0 Å². The fourth-order valence-electron chi connectivity index (χ4n) is 4.77. The minimum Gasteiger partial charge on any atom is -0.393 e. The molecule has 0 unspecified atom stereocenters. The molecule has 2 heterocycles. The molecule has 0 aromatic heterocycles. The number of hydrogen-bond acceptors (Lipinski definition) is 4. The summed E-state index contributed by atoms with van der Waals surface area (Å²) in [5, 5.41) is 13.1. The molecule has 1 aliphatic carbocycles. The summed E-state index contributed by atoms with van der Waals surface area (Å²) in [6, 6.07) is 5.41. The predicted octanol–water partition coefficient (Wildman–Crippen LogP) is 1.85. The second kappa shape index (κ2) is 8.43. The number of amides is 3. The van der Waals surface area contributed by atoms with Crippen LogP contribution >= 0.6 is 11.6 Å². The first kappa shape index (κ1) is 20.9. The summed E-state index contributed by atoms with van der Waals surface area (Å²) in [6.45, 7) is 1.21. The van der Waals surface area contributed by atoms with Gasteiger partial charge in [-0.15, -0.1) is 0 Å². The average Bonchev–Trinajstić information content (AvgIpc) is 3.02. The van der Waals surface area contributed by atoms with Gasteiger partial charge in [0.2, 0.25) is 5.91 Å². The third kappa shape index (κ3) is 3.98. The Bertz CT molecular complexity index is 872. The number of piperazine rings is 1. The van der Waals surface area contributed by atoms with E-state index < -0.39 is 17.6 Å². The maximum atomic E-state index is 13.8. The molecule has 9 heteroatoms. The number of benzene rings is 1. The van der Waals surface area contributed by atoms with Crippen LogP contribution in [0.15, 0.2) is 29.4 Å². The Morgan fingerprint density at radius 1 is 1.20 bits per heavy atom. The van der Waals surface area contributed by atoms with Crippen LogP contribution in [0.1, 0.15) is 31.2 Å². The molecule has 1 aromatic carbocycles. The van der Waals surface area contributed by atoms with E-state index in [0.717, 1.165) is 12.8 Å². The third-order valence-corrected chi connectivity index (χ3v) is 6.76. The van der Waals surface area contributed by atoms with E-state index in [2.05, 4.69) is 5.32 Å². The zero-order valence-corrected chi connectivity index (χ0v) is 17.3. The van der Waals surface area contributed by atoms with Crippen molar-refractivity contribution in [3.63, 3.8) is 0 Å². The Labute approximate surface area is 179 Å². The molecule has 1 saturated heterocycles. The van der Waals surface area contributed by atoms with Crippen LogP contribution in [0.5, 0.6) is 0 Å². The zero-order chi connectivity index (χ0) is 21.4. The first-order chi connectivity index (χ1) is 14.3. The van der Waals surface area contributed by atoms with Gasteiger partial charge in [0.25, 0.3) is 0 Å². The van der Waals surface area contributed by atoms with Crippen LogP contribution < -0.4 is 11.1 Å². The number of rotatable bonds is 3. The largest absolute Gasteiger partial charge is 0.393 e. The van der Waals surface area contributed by atoms with Gasteiger partial charge in [0.15, 0.2) is 0 Å². The number of aliphatic hydroxyl groups is 1. The molecule has 4 N–H and O–H groups in total. The van der Waals surface area contributed by atoms with Crippen molar-refractivity contribution >= 4 is 29.1 Å². The van der Waals surface area contributed by atoms with Gasteiger partial charge in [-0.3, -0.25) is 4.79 Å². The first-order valence-electron chi connectivity index (χ1n) is 10.3. The molecule has 1 aromatic rings. The lowest BCUT2D eigenvalue weighted by molar-refractivity contribution is -0.121. The van der Waals surface area contributed by atoms with Crippen LogP contribution in [0.2, 0.25) is 0 Å². The zero-order valence-electron chi connectivity index (χ0n) is 16.6. The van der Waals surface area contributed by atoms with Gasteiger partial charge in [0.05, 0.1) is 18.1 Å². The molecular formula is C21H26ClFN4O3. The molecule has 0 radical (unpaired) electrons. The van der Waals surface area contributed by atoms with Crippen molar-refractivity contribution in [3.05, 3.63) is 40.8 Å². The van der Waals surface area contributed by atoms with Gasteiger partial charge in [-0.25, -0.2) is 9.18 Å². The normalized spacial score (nSPS) is 29.0. The number of nitrogens with zero attached hydrogens (tertiary/aromatic N) is 2. The van der Waals surface area contributed by atoms with E-state index in [1.54, 1.807) is 17.0 Å². The van der Waals surface area contributed by atoms with Crippen molar-refractivity contribution in [2.45, 2.75) is 43.9 Å². The summed E-state index contributed by atoms with van der Waals surface area (Å²) < 4.78 is 13.8. The van der Waals surface area contributed by atoms with Gasteiger partial charge < -0.3 is 26.0 Å². The molecule has 30 heavy (non-hydrogen) atoms. The number of nitrogens with two attached hydrogens (primary N) is 1. The average molecular weight is 437 g/mol. The highest BCUT2D eigenvalue weighted by molar-refractivity contribution is 6.33. The van der Waals surface area contributed by atoms with Gasteiger partial charge in [0, 0.05) is 31.2 Å². The maximum Gasteiger partial charge on any atom is 0.317 e. The van der Waals surface area contributed by atoms with Crippen LogP contribution in [0.3, 0.4) is 0 Å².